The van der Waals surface area contributed by atoms with E-state index in [4.69, 9.17) is 0 Å². The predicted octanol–water partition coefficient (Wildman–Crippen LogP) is 4.68. The summed E-state index contributed by atoms with van der Waals surface area (Å²) in [5.41, 5.74) is 2.46. The fourth-order valence-corrected chi connectivity index (χ4v) is 1.26. The third-order valence-electron chi connectivity index (χ3n) is 2.56. The van der Waals surface area contributed by atoms with E-state index >= 15 is 0 Å². The van der Waals surface area contributed by atoms with E-state index in [2.05, 4.69) is 32.9 Å². The van der Waals surface area contributed by atoms with E-state index in [1.54, 1.807) is 0 Å². The molecule has 0 aromatic carbocycles. The van der Waals surface area contributed by atoms with E-state index in [-0.39, 0.29) is 5.41 Å². The first-order valence-electron chi connectivity index (χ1n) is 6.06. The van der Waals surface area contributed by atoms with E-state index < -0.39 is 0 Å². The molecule has 0 aromatic rings. The number of Topliss-reactive ketones (excluding diaryl/α,β-unsaturated/α-hetero) is 1. The Morgan fingerprint density at radius 1 is 1.06 bits per heavy atom. The molecule has 0 saturated heterocycles. The Hall–Kier alpha value is -0.850. The van der Waals surface area contributed by atoms with Crippen LogP contribution in [-0.2, 0) is 4.79 Å². The zero-order chi connectivity index (χ0) is 12.8. The quantitative estimate of drug-likeness (QED) is 0.617. The van der Waals surface area contributed by atoms with Gasteiger partial charge in [-0.1, -0.05) is 44.1 Å². The van der Waals surface area contributed by atoms with Gasteiger partial charge < -0.3 is 0 Å². The summed E-state index contributed by atoms with van der Waals surface area (Å²) in [6.45, 7) is 12.3. The van der Waals surface area contributed by atoms with Gasteiger partial charge in [0.15, 0.2) is 0 Å². The molecule has 92 valence electrons. The van der Waals surface area contributed by atoms with Gasteiger partial charge in [0.25, 0.3) is 0 Å². The number of allylic oxidation sites excluding steroid dienone is 4. The SMILES string of the molecule is CC(C)=CCC/C(C)=C/CC(=O)C(C)(C)C. The summed E-state index contributed by atoms with van der Waals surface area (Å²) in [5, 5.41) is 0. The lowest BCUT2D eigenvalue weighted by Gasteiger charge is -2.15. The van der Waals surface area contributed by atoms with Crippen LogP contribution in [-0.4, -0.2) is 5.78 Å². The molecule has 16 heavy (non-hydrogen) atoms. The minimum atomic E-state index is -0.212. The Labute approximate surface area is 101 Å². The molecule has 0 bridgehead atoms. The van der Waals surface area contributed by atoms with Crippen LogP contribution in [0, 0.1) is 5.41 Å². The van der Waals surface area contributed by atoms with Crippen molar-refractivity contribution in [1.29, 1.82) is 0 Å². The molecule has 0 radical (unpaired) electrons. The van der Waals surface area contributed by atoms with Gasteiger partial charge in [0.1, 0.15) is 5.78 Å². The summed E-state index contributed by atoms with van der Waals surface area (Å²) < 4.78 is 0. The molecule has 0 amide bonds. The van der Waals surface area contributed by atoms with E-state index in [0.29, 0.717) is 12.2 Å². The van der Waals surface area contributed by atoms with Gasteiger partial charge in [0, 0.05) is 11.8 Å². The maximum Gasteiger partial charge on any atom is 0.141 e. The van der Waals surface area contributed by atoms with Crippen molar-refractivity contribution in [3.63, 3.8) is 0 Å². The number of ketones is 1. The summed E-state index contributed by atoms with van der Waals surface area (Å²) in [6.07, 6.45) is 7.02. The summed E-state index contributed by atoms with van der Waals surface area (Å²) in [4.78, 5) is 11.7. The van der Waals surface area contributed by atoms with Gasteiger partial charge in [-0.05, 0) is 33.6 Å². The highest BCUT2D eigenvalue weighted by molar-refractivity contribution is 5.84. The largest absolute Gasteiger partial charge is 0.299 e. The fraction of sp³-hybridized carbons (Fsp3) is 0.667. The summed E-state index contributed by atoms with van der Waals surface area (Å²) in [5.74, 6) is 0.314. The molecule has 0 aliphatic rings. The maximum atomic E-state index is 11.7. The Morgan fingerprint density at radius 2 is 1.62 bits per heavy atom. The standard InChI is InChI=1S/C15H26O/c1-12(2)8-7-9-13(3)10-11-14(16)15(4,5)6/h8,10H,7,9,11H2,1-6H3/b13-10+. The summed E-state index contributed by atoms with van der Waals surface area (Å²) >= 11 is 0. The zero-order valence-electron chi connectivity index (χ0n) is 11.7. The van der Waals surface area contributed by atoms with Crippen molar-refractivity contribution in [2.24, 2.45) is 5.41 Å². The zero-order valence-corrected chi connectivity index (χ0v) is 11.7. The molecule has 0 heterocycles. The van der Waals surface area contributed by atoms with Crippen molar-refractivity contribution >= 4 is 5.78 Å². The van der Waals surface area contributed by atoms with Crippen molar-refractivity contribution in [2.45, 2.75) is 60.8 Å². The molecule has 0 aromatic heterocycles. The van der Waals surface area contributed by atoms with Crippen LogP contribution < -0.4 is 0 Å². The normalized spacial score (nSPS) is 12.5. The third kappa shape index (κ3) is 7.44. The molecule has 0 unspecified atom stereocenters. The van der Waals surface area contributed by atoms with Crippen LogP contribution in [0.5, 0.6) is 0 Å². The van der Waals surface area contributed by atoms with E-state index in [1.807, 2.05) is 20.8 Å². The monoisotopic (exact) mass is 222 g/mol. The van der Waals surface area contributed by atoms with Crippen molar-refractivity contribution in [3.05, 3.63) is 23.3 Å². The van der Waals surface area contributed by atoms with E-state index in [1.165, 1.54) is 11.1 Å². The topological polar surface area (TPSA) is 17.1 Å². The van der Waals surface area contributed by atoms with Gasteiger partial charge in [-0.15, -0.1) is 0 Å². The molecule has 0 atom stereocenters. The molecule has 0 spiro atoms. The molecule has 0 fully saturated rings. The molecule has 0 aliphatic carbocycles. The number of hydrogen-bond donors (Lipinski definition) is 0. The van der Waals surface area contributed by atoms with Crippen molar-refractivity contribution in [3.8, 4) is 0 Å². The second-order valence-electron chi connectivity index (χ2n) is 5.75. The molecule has 0 N–H and O–H groups in total. The molecule has 1 heteroatoms. The average Bonchev–Trinajstić information content (AvgIpc) is 2.11. The lowest BCUT2D eigenvalue weighted by molar-refractivity contribution is -0.125. The highest BCUT2D eigenvalue weighted by Gasteiger charge is 2.19. The molecular formula is C15H26O. The first kappa shape index (κ1) is 15.2. The second kappa shape index (κ2) is 6.67. The van der Waals surface area contributed by atoms with Crippen molar-refractivity contribution < 1.29 is 4.79 Å². The van der Waals surface area contributed by atoms with Crippen LogP contribution in [0.1, 0.15) is 60.8 Å². The number of rotatable bonds is 5. The smallest absolute Gasteiger partial charge is 0.141 e. The number of hydrogen-bond acceptors (Lipinski definition) is 1. The lowest BCUT2D eigenvalue weighted by Crippen LogP contribution is -2.18. The molecule has 1 nitrogen and oxygen atoms in total. The van der Waals surface area contributed by atoms with Crippen LogP contribution in [0.4, 0.5) is 0 Å². The highest BCUT2D eigenvalue weighted by atomic mass is 16.1. The number of carbonyl (C=O) groups is 1. The van der Waals surface area contributed by atoms with Gasteiger partial charge in [-0.3, -0.25) is 4.79 Å². The first-order valence-corrected chi connectivity index (χ1v) is 6.06. The van der Waals surface area contributed by atoms with Crippen molar-refractivity contribution in [1.82, 2.24) is 0 Å². The Kier molecular flexibility index (Phi) is 6.32. The lowest BCUT2D eigenvalue weighted by atomic mass is 9.88. The van der Waals surface area contributed by atoms with Gasteiger partial charge in [0.2, 0.25) is 0 Å². The molecule has 0 aliphatic heterocycles. The van der Waals surface area contributed by atoms with Gasteiger partial charge in [0.05, 0.1) is 0 Å². The Bertz CT molecular complexity index is 283. The van der Waals surface area contributed by atoms with E-state index in [9.17, 15) is 4.79 Å². The first-order chi connectivity index (χ1) is 7.23. The Morgan fingerprint density at radius 3 is 2.06 bits per heavy atom. The van der Waals surface area contributed by atoms with Crippen LogP contribution >= 0.6 is 0 Å². The molecule has 0 rings (SSSR count). The minimum Gasteiger partial charge on any atom is -0.299 e. The maximum absolute atomic E-state index is 11.7. The van der Waals surface area contributed by atoms with Crippen LogP contribution in [0.3, 0.4) is 0 Å². The van der Waals surface area contributed by atoms with Crippen molar-refractivity contribution in [2.75, 3.05) is 0 Å². The summed E-state index contributed by atoms with van der Waals surface area (Å²) in [7, 11) is 0. The average molecular weight is 222 g/mol. The van der Waals surface area contributed by atoms with Crippen LogP contribution in [0.15, 0.2) is 23.3 Å². The molecular weight excluding hydrogens is 196 g/mol. The summed E-state index contributed by atoms with van der Waals surface area (Å²) in [6, 6.07) is 0. The molecule has 0 saturated carbocycles. The predicted molar refractivity (Wildman–Crippen MR) is 71.5 cm³/mol. The van der Waals surface area contributed by atoms with E-state index in [0.717, 1.165) is 12.8 Å². The second-order valence-corrected chi connectivity index (χ2v) is 5.75. The van der Waals surface area contributed by atoms with Crippen LogP contribution in [0.25, 0.3) is 0 Å². The Balaban J connectivity index is 4.06. The van der Waals surface area contributed by atoms with Crippen LogP contribution in [0.2, 0.25) is 0 Å². The van der Waals surface area contributed by atoms with Gasteiger partial charge in [-0.25, -0.2) is 0 Å². The van der Waals surface area contributed by atoms with Gasteiger partial charge in [-0.2, -0.15) is 0 Å². The fourth-order valence-electron chi connectivity index (χ4n) is 1.26. The van der Waals surface area contributed by atoms with Gasteiger partial charge >= 0.3 is 0 Å². The highest BCUT2D eigenvalue weighted by Crippen LogP contribution is 2.18. The third-order valence-corrected chi connectivity index (χ3v) is 2.56. The minimum absolute atomic E-state index is 0.212. The number of carbonyl (C=O) groups excluding carboxylic acids is 1.